The third-order valence-corrected chi connectivity index (χ3v) is 3.30. The van der Waals surface area contributed by atoms with Crippen molar-refractivity contribution in [2.24, 2.45) is 5.92 Å². The van der Waals surface area contributed by atoms with Crippen LogP contribution in [0, 0.1) is 5.92 Å². The van der Waals surface area contributed by atoms with E-state index in [2.05, 4.69) is 29.5 Å². The Labute approximate surface area is 146 Å². The van der Waals surface area contributed by atoms with Crippen LogP contribution in [-0.2, 0) is 27.2 Å². The van der Waals surface area contributed by atoms with Crippen LogP contribution in [0.25, 0.3) is 0 Å². The molecule has 0 unspecified atom stereocenters. The van der Waals surface area contributed by atoms with E-state index in [0.29, 0.717) is 38.9 Å². The molecule has 1 N–H and O–H groups in total. The number of nitrogens with zero attached hydrogens (tertiary/aromatic N) is 3. The molecule has 7 nitrogen and oxygen atoms in total. The van der Waals surface area contributed by atoms with Crippen molar-refractivity contribution in [3.05, 3.63) is 11.9 Å². The van der Waals surface area contributed by atoms with E-state index >= 15 is 0 Å². The van der Waals surface area contributed by atoms with Gasteiger partial charge < -0.3 is 19.5 Å². The van der Waals surface area contributed by atoms with Crippen LogP contribution in [0.5, 0.6) is 0 Å². The van der Waals surface area contributed by atoms with Crippen LogP contribution in [0.15, 0.2) is 6.20 Å². The Morgan fingerprint density at radius 2 is 1.79 bits per heavy atom. The summed E-state index contributed by atoms with van der Waals surface area (Å²) in [6.07, 6.45) is 2.85. The maximum atomic E-state index is 5.58. The van der Waals surface area contributed by atoms with Crippen LogP contribution >= 0.6 is 0 Å². The van der Waals surface area contributed by atoms with Crippen LogP contribution in [0.1, 0.15) is 33.4 Å². The molecule has 0 bridgehead atoms. The number of nitrogens with one attached hydrogen (secondary N) is 1. The van der Waals surface area contributed by atoms with Crippen molar-refractivity contribution in [1.82, 2.24) is 20.3 Å². The monoisotopic (exact) mass is 342 g/mol. The van der Waals surface area contributed by atoms with Gasteiger partial charge in [0, 0.05) is 13.0 Å². The van der Waals surface area contributed by atoms with Gasteiger partial charge in [0.15, 0.2) is 0 Å². The molecule has 1 aromatic rings. The zero-order valence-corrected chi connectivity index (χ0v) is 15.7. The molecule has 0 aromatic carbocycles. The summed E-state index contributed by atoms with van der Waals surface area (Å²) in [6, 6.07) is 0. The van der Waals surface area contributed by atoms with Crippen LogP contribution in [0.3, 0.4) is 0 Å². The Morgan fingerprint density at radius 1 is 1.04 bits per heavy atom. The van der Waals surface area contributed by atoms with Crippen LogP contribution < -0.4 is 5.32 Å². The number of aromatic nitrogens is 3. The summed E-state index contributed by atoms with van der Waals surface area (Å²) in [4.78, 5) is 0. The summed E-state index contributed by atoms with van der Waals surface area (Å²) < 4.78 is 18.5. The molecular weight excluding hydrogens is 308 g/mol. The van der Waals surface area contributed by atoms with Gasteiger partial charge in [-0.25, -0.2) is 4.68 Å². The normalized spacial score (nSPS) is 11.8. The molecule has 0 aliphatic rings. The first-order chi connectivity index (χ1) is 11.6. The first kappa shape index (κ1) is 21.0. The van der Waals surface area contributed by atoms with Crippen molar-refractivity contribution in [1.29, 1.82) is 0 Å². The lowest BCUT2D eigenvalue weighted by atomic mass is 10.2. The van der Waals surface area contributed by atoms with E-state index in [-0.39, 0.29) is 6.10 Å². The third kappa shape index (κ3) is 10.7. The fourth-order valence-electron chi connectivity index (χ4n) is 2.07. The molecule has 140 valence electrons. The smallest absolute Gasteiger partial charge is 0.0726 e. The topological polar surface area (TPSA) is 70.4 Å². The molecule has 0 amide bonds. The van der Waals surface area contributed by atoms with Gasteiger partial charge in [-0.3, -0.25) is 0 Å². The lowest BCUT2D eigenvalue weighted by molar-refractivity contribution is 0.0442. The Morgan fingerprint density at radius 3 is 2.50 bits per heavy atom. The molecule has 0 aliphatic carbocycles. The predicted molar refractivity (Wildman–Crippen MR) is 94.2 cm³/mol. The minimum atomic E-state index is 0.248. The summed E-state index contributed by atoms with van der Waals surface area (Å²) in [7, 11) is 0. The zero-order chi connectivity index (χ0) is 17.6. The third-order valence-electron chi connectivity index (χ3n) is 3.30. The molecule has 0 aliphatic heterocycles. The molecule has 0 spiro atoms. The molecule has 1 heterocycles. The highest BCUT2D eigenvalue weighted by Gasteiger charge is 2.04. The van der Waals surface area contributed by atoms with E-state index in [1.165, 1.54) is 0 Å². The number of hydrogen-bond donors (Lipinski definition) is 1. The fraction of sp³-hybridized carbons (Fsp3) is 0.882. The summed E-state index contributed by atoms with van der Waals surface area (Å²) in [5, 5.41) is 11.4. The van der Waals surface area contributed by atoms with Crippen molar-refractivity contribution in [3.8, 4) is 0 Å². The predicted octanol–water partition coefficient (Wildman–Crippen LogP) is 1.52. The van der Waals surface area contributed by atoms with E-state index in [1.54, 1.807) is 6.20 Å². The standard InChI is InChI=1S/C17H34N4O3/c1-15(2)13-18-6-9-22-11-12-23-10-7-21-17(14-19-20-21)5-8-24-16(3)4/h14-16,18H,5-13H2,1-4H3. The Kier molecular flexibility index (Phi) is 11.6. The average molecular weight is 342 g/mol. The highest BCUT2D eigenvalue weighted by atomic mass is 16.5. The van der Waals surface area contributed by atoms with Crippen LogP contribution in [0.4, 0.5) is 0 Å². The lowest BCUT2D eigenvalue weighted by Gasteiger charge is -2.10. The molecule has 0 fully saturated rings. The van der Waals surface area contributed by atoms with E-state index in [4.69, 9.17) is 14.2 Å². The maximum Gasteiger partial charge on any atom is 0.0726 e. The van der Waals surface area contributed by atoms with E-state index in [9.17, 15) is 0 Å². The number of ether oxygens (including phenoxy) is 3. The molecule has 1 aromatic heterocycles. The van der Waals surface area contributed by atoms with Crippen LogP contribution in [-0.4, -0.2) is 67.2 Å². The number of rotatable bonds is 15. The van der Waals surface area contributed by atoms with Gasteiger partial charge in [0.1, 0.15) is 0 Å². The van der Waals surface area contributed by atoms with Crippen molar-refractivity contribution < 1.29 is 14.2 Å². The van der Waals surface area contributed by atoms with E-state index in [1.807, 2.05) is 18.5 Å². The van der Waals surface area contributed by atoms with Gasteiger partial charge in [-0.15, -0.1) is 5.10 Å². The van der Waals surface area contributed by atoms with Gasteiger partial charge in [-0.05, 0) is 26.3 Å². The summed E-state index contributed by atoms with van der Waals surface area (Å²) in [5.41, 5.74) is 1.08. The van der Waals surface area contributed by atoms with Crippen molar-refractivity contribution >= 4 is 0 Å². The van der Waals surface area contributed by atoms with Crippen molar-refractivity contribution in [3.63, 3.8) is 0 Å². The first-order valence-electron chi connectivity index (χ1n) is 8.94. The van der Waals surface area contributed by atoms with Gasteiger partial charge in [-0.1, -0.05) is 19.1 Å². The largest absolute Gasteiger partial charge is 0.378 e. The van der Waals surface area contributed by atoms with Crippen molar-refractivity contribution in [2.45, 2.75) is 46.8 Å². The second kappa shape index (κ2) is 13.3. The maximum absolute atomic E-state index is 5.58. The Hall–Kier alpha value is -1.02. The quantitative estimate of drug-likeness (QED) is 0.487. The summed E-state index contributed by atoms with van der Waals surface area (Å²) in [5.74, 6) is 0.673. The van der Waals surface area contributed by atoms with Gasteiger partial charge in [-0.2, -0.15) is 0 Å². The minimum absolute atomic E-state index is 0.248. The second-order valence-corrected chi connectivity index (χ2v) is 6.44. The van der Waals surface area contributed by atoms with Gasteiger partial charge in [0.2, 0.25) is 0 Å². The molecule has 0 radical (unpaired) electrons. The highest BCUT2D eigenvalue weighted by molar-refractivity contribution is 4.94. The fourth-order valence-corrected chi connectivity index (χ4v) is 2.07. The van der Waals surface area contributed by atoms with Crippen molar-refractivity contribution in [2.75, 3.05) is 46.1 Å². The second-order valence-electron chi connectivity index (χ2n) is 6.44. The minimum Gasteiger partial charge on any atom is -0.378 e. The molecule has 0 atom stereocenters. The van der Waals surface area contributed by atoms with E-state index < -0.39 is 0 Å². The van der Waals surface area contributed by atoms with Crippen LogP contribution in [0.2, 0.25) is 0 Å². The number of hydrogen-bond acceptors (Lipinski definition) is 6. The Bertz CT molecular complexity index is 410. The zero-order valence-electron chi connectivity index (χ0n) is 15.7. The lowest BCUT2D eigenvalue weighted by Crippen LogP contribution is -2.24. The van der Waals surface area contributed by atoms with E-state index in [0.717, 1.165) is 31.8 Å². The average Bonchev–Trinajstić information content (AvgIpc) is 2.96. The molecule has 24 heavy (non-hydrogen) atoms. The first-order valence-corrected chi connectivity index (χ1v) is 8.94. The van der Waals surface area contributed by atoms with Gasteiger partial charge >= 0.3 is 0 Å². The molecular formula is C17H34N4O3. The molecule has 0 saturated heterocycles. The van der Waals surface area contributed by atoms with Gasteiger partial charge in [0.05, 0.1) is 57.6 Å². The van der Waals surface area contributed by atoms with Gasteiger partial charge in [0.25, 0.3) is 0 Å². The molecule has 7 heteroatoms. The Balaban J connectivity index is 1.99. The highest BCUT2D eigenvalue weighted by Crippen LogP contribution is 2.00. The summed E-state index contributed by atoms with van der Waals surface area (Å²) in [6.45, 7) is 14.3. The molecule has 0 saturated carbocycles. The summed E-state index contributed by atoms with van der Waals surface area (Å²) >= 11 is 0. The SMILES string of the molecule is CC(C)CNCCOCCOCCn1nncc1CCOC(C)C. The molecule has 1 rings (SSSR count).